The van der Waals surface area contributed by atoms with Crippen molar-refractivity contribution >= 4 is 13.3 Å². The normalized spacial score (nSPS) is 6.11. The summed E-state index contributed by atoms with van der Waals surface area (Å²) in [5, 5.41) is 18.7. The van der Waals surface area contributed by atoms with Crippen LogP contribution in [-0.2, 0) is 9.45 Å². The predicted molar refractivity (Wildman–Crippen MR) is 17.5 cm³/mol. The quantitative estimate of drug-likeness (QED) is 0.346. The maximum atomic E-state index is 9.63. The number of carbonyl (C=O) groups is 1. The van der Waals surface area contributed by atoms with Crippen molar-refractivity contribution in [3.63, 3.8) is 0 Å². The second-order valence-corrected chi connectivity index (χ2v) is 0.898. The van der Waals surface area contributed by atoms with Crippen LogP contribution in [0.25, 0.3) is 0 Å². The molecule has 0 spiro atoms. The summed E-state index contributed by atoms with van der Waals surface area (Å²) < 4.78 is 3.50. The molecule has 0 heterocycles. The van der Waals surface area contributed by atoms with E-state index in [9.17, 15) is 14.8 Å². The first-order chi connectivity index (χ1) is 3.13. The monoisotopic (exact) mass is 148 g/mol. The Morgan fingerprint density at radius 1 is 1.44 bits per heavy atom. The first-order valence-electron chi connectivity index (χ1n) is 1.62. The van der Waals surface area contributed by atoms with Crippen LogP contribution in [0.15, 0.2) is 0 Å². The zero-order valence-corrected chi connectivity index (χ0v) is 9.71. The fourth-order valence-electron chi connectivity index (χ4n) is 0.136. The van der Waals surface area contributed by atoms with Crippen molar-refractivity contribution in [1.82, 2.24) is 0 Å². The minimum Gasteiger partial charge on any atom is -0.860 e. The summed E-state index contributed by atoms with van der Waals surface area (Å²) in [4.78, 5) is 9.63. The molecule has 0 aromatic carbocycles. The van der Waals surface area contributed by atoms with Crippen LogP contribution in [0.1, 0.15) is 6.92 Å². The summed E-state index contributed by atoms with van der Waals surface area (Å²) in [6.07, 6.45) is 0. The van der Waals surface area contributed by atoms with Crippen molar-refractivity contribution < 1.29 is 78.6 Å². The topological polar surface area (TPSA) is 72.4 Å². The van der Waals surface area contributed by atoms with Gasteiger partial charge in [0, 0.05) is 6.92 Å². The van der Waals surface area contributed by atoms with E-state index in [0.717, 1.165) is 6.92 Å². The van der Waals surface area contributed by atoms with Crippen LogP contribution in [0.4, 0.5) is 0 Å². The van der Waals surface area contributed by atoms with Crippen molar-refractivity contribution in [1.29, 1.82) is 0 Å². The van der Waals surface area contributed by atoms with E-state index in [-0.39, 0.29) is 59.1 Å². The molecule has 0 amide bonds. The van der Waals surface area contributed by atoms with Gasteiger partial charge in [-0.25, -0.2) is 0 Å². The molecular formula is C2H3BNa2O4. The van der Waals surface area contributed by atoms with Crippen LogP contribution in [0.3, 0.4) is 0 Å². The number of rotatable bonds is 1. The Morgan fingerprint density at radius 3 is 1.78 bits per heavy atom. The molecule has 0 aliphatic carbocycles. The van der Waals surface area contributed by atoms with E-state index in [1.54, 1.807) is 0 Å². The van der Waals surface area contributed by atoms with Crippen molar-refractivity contribution in [2.45, 2.75) is 6.92 Å². The standard InChI is InChI=1S/C2H3BO4.2Na/c1-2(4)7-3(5)6;;/h1H3;;/q-2;2*+1. The van der Waals surface area contributed by atoms with Gasteiger partial charge in [-0.05, 0) is 0 Å². The van der Waals surface area contributed by atoms with Crippen LogP contribution in [0.5, 0.6) is 0 Å². The Morgan fingerprint density at radius 2 is 1.78 bits per heavy atom. The molecule has 0 aromatic heterocycles. The summed E-state index contributed by atoms with van der Waals surface area (Å²) in [5.74, 6) is -0.838. The van der Waals surface area contributed by atoms with E-state index in [1.807, 2.05) is 0 Å². The third kappa shape index (κ3) is 17.7. The molecule has 0 radical (unpaired) electrons. The van der Waals surface area contributed by atoms with Gasteiger partial charge < -0.3 is 14.7 Å². The molecule has 0 saturated carbocycles. The molecule has 40 valence electrons. The largest absolute Gasteiger partial charge is 1.00 e. The van der Waals surface area contributed by atoms with Crippen LogP contribution >= 0.6 is 0 Å². The van der Waals surface area contributed by atoms with E-state index >= 15 is 0 Å². The van der Waals surface area contributed by atoms with Crippen LogP contribution < -0.4 is 69.2 Å². The molecule has 0 atom stereocenters. The summed E-state index contributed by atoms with van der Waals surface area (Å²) in [6, 6.07) is 0. The van der Waals surface area contributed by atoms with Gasteiger partial charge in [0.25, 0.3) is 5.97 Å². The van der Waals surface area contributed by atoms with Crippen molar-refractivity contribution in [3.05, 3.63) is 0 Å². The average Bonchev–Trinajstić information content (AvgIpc) is 1.27. The molecule has 0 aromatic rings. The molecule has 0 aliphatic rings. The van der Waals surface area contributed by atoms with Crippen molar-refractivity contribution in [2.24, 2.45) is 0 Å². The van der Waals surface area contributed by atoms with E-state index in [0.29, 0.717) is 0 Å². The Bertz CT molecular complexity index is 77.0. The first-order valence-corrected chi connectivity index (χ1v) is 1.62. The molecular weight excluding hydrogens is 145 g/mol. The van der Waals surface area contributed by atoms with Gasteiger partial charge >= 0.3 is 59.1 Å². The summed E-state index contributed by atoms with van der Waals surface area (Å²) in [6.45, 7) is 1.00. The molecule has 7 heteroatoms. The van der Waals surface area contributed by atoms with Crippen LogP contribution in [0, 0.1) is 0 Å². The van der Waals surface area contributed by atoms with E-state index in [1.165, 1.54) is 0 Å². The average molecular weight is 148 g/mol. The van der Waals surface area contributed by atoms with Crippen LogP contribution in [0.2, 0.25) is 0 Å². The molecule has 0 N–H and O–H groups in total. The van der Waals surface area contributed by atoms with Crippen molar-refractivity contribution in [2.75, 3.05) is 0 Å². The number of carbonyl (C=O) groups excluding carboxylic acids is 1. The van der Waals surface area contributed by atoms with Gasteiger partial charge in [0.05, 0.1) is 0 Å². The Hall–Kier alpha value is 1.45. The van der Waals surface area contributed by atoms with Gasteiger partial charge in [0.1, 0.15) is 7.32 Å². The molecule has 0 unspecified atom stereocenters. The van der Waals surface area contributed by atoms with Gasteiger partial charge in [-0.2, -0.15) is 0 Å². The zero-order valence-electron chi connectivity index (χ0n) is 5.71. The maximum Gasteiger partial charge on any atom is 1.00 e. The molecule has 0 rings (SSSR count). The molecule has 0 bridgehead atoms. The van der Waals surface area contributed by atoms with E-state index in [2.05, 4.69) is 4.65 Å². The fraction of sp³-hybridized carbons (Fsp3) is 0.500. The van der Waals surface area contributed by atoms with Gasteiger partial charge in [0.2, 0.25) is 0 Å². The molecule has 0 fully saturated rings. The van der Waals surface area contributed by atoms with E-state index in [4.69, 9.17) is 0 Å². The first kappa shape index (κ1) is 16.8. The molecule has 0 aliphatic heterocycles. The summed E-state index contributed by atoms with van der Waals surface area (Å²) >= 11 is 0. The van der Waals surface area contributed by atoms with E-state index < -0.39 is 13.3 Å². The smallest absolute Gasteiger partial charge is 0.860 e. The third-order valence-corrected chi connectivity index (χ3v) is 0.262. The zero-order chi connectivity index (χ0) is 5.86. The Labute approximate surface area is 97.7 Å². The predicted octanol–water partition coefficient (Wildman–Crippen LogP) is -8.74. The fourth-order valence-corrected chi connectivity index (χ4v) is 0.136. The minimum absolute atomic E-state index is 0. The maximum absolute atomic E-state index is 9.63. The van der Waals surface area contributed by atoms with Gasteiger partial charge in [-0.1, -0.05) is 0 Å². The summed E-state index contributed by atoms with van der Waals surface area (Å²) in [5.41, 5.74) is 0. The molecule has 0 saturated heterocycles. The van der Waals surface area contributed by atoms with Crippen LogP contribution in [-0.4, -0.2) is 13.3 Å². The minimum atomic E-state index is -2.47. The third-order valence-electron chi connectivity index (χ3n) is 0.262. The SMILES string of the molecule is CC(=O)OB([O-])[O-].[Na+].[Na+]. The van der Waals surface area contributed by atoms with Crippen molar-refractivity contribution in [3.8, 4) is 0 Å². The second-order valence-electron chi connectivity index (χ2n) is 0.898. The van der Waals surface area contributed by atoms with Gasteiger partial charge in [0.15, 0.2) is 0 Å². The second kappa shape index (κ2) is 9.45. The Kier molecular flexibility index (Phi) is 17.7. The summed E-state index contributed by atoms with van der Waals surface area (Å²) in [7, 11) is -2.47. The Balaban J connectivity index is -0.000000180. The van der Waals surface area contributed by atoms with Gasteiger partial charge in [-0.15, -0.1) is 0 Å². The number of hydrogen-bond donors (Lipinski definition) is 0. The molecule has 9 heavy (non-hydrogen) atoms. The van der Waals surface area contributed by atoms with Gasteiger partial charge in [-0.3, -0.25) is 4.79 Å². The molecule has 4 nitrogen and oxygen atoms in total. The number of hydrogen-bond acceptors (Lipinski definition) is 4.